The van der Waals surface area contributed by atoms with E-state index in [9.17, 15) is 0 Å². The summed E-state index contributed by atoms with van der Waals surface area (Å²) in [5.74, 6) is 1.36. The molecule has 1 nitrogen and oxygen atoms in total. The topological polar surface area (TPSA) is 12.0 Å². The molecule has 1 aliphatic heterocycles. The second-order valence-corrected chi connectivity index (χ2v) is 6.94. The number of hydrogen-bond donors (Lipinski definition) is 1. The van der Waals surface area contributed by atoms with Crippen LogP contribution in [0.2, 0.25) is 0 Å². The van der Waals surface area contributed by atoms with Crippen LogP contribution < -0.4 is 5.32 Å². The minimum atomic E-state index is 0.516. The van der Waals surface area contributed by atoms with Gasteiger partial charge in [0.05, 0.1) is 0 Å². The van der Waals surface area contributed by atoms with Crippen molar-refractivity contribution < 1.29 is 0 Å². The Bertz CT molecular complexity index is 315. The lowest BCUT2D eigenvalue weighted by Gasteiger charge is -2.23. The molecular formula is C13H21NS2. The molecule has 0 saturated carbocycles. The maximum absolute atomic E-state index is 3.69. The summed E-state index contributed by atoms with van der Waals surface area (Å²) >= 11 is 4.02. The van der Waals surface area contributed by atoms with Crippen LogP contribution in [0.5, 0.6) is 0 Å². The van der Waals surface area contributed by atoms with Crippen molar-refractivity contribution in [1.29, 1.82) is 0 Å². The summed E-state index contributed by atoms with van der Waals surface area (Å²) in [4.78, 5) is 1.50. The zero-order chi connectivity index (χ0) is 11.4. The number of rotatable bonds is 4. The van der Waals surface area contributed by atoms with Crippen LogP contribution in [-0.4, -0.2) is 17.5 Å². The Morgan fingerprint density at radius 1 is 1.50 bits per heavy atom. The van der Waals surface area contributed by atoms with Crippen LogP contribution in [0.25, 0.3) is 0 Å². The van der Waals surface area contributed by atoms with Crippen molar-refractivity contribution in [3.8, 4) is 0 Å². The number of thiophene rings is 1. The first-order valence-corrected chi connectivity index (χ1v) is 8.09. The first-order chi connectivity index (χ1) is 7.77. The number of thioether (sulfide) groups is 1. The van der Waals surface area contributed by atoms with Gasteiger partial charge in [-0.25, -0.2) is 0 Å². The van der Waals surface area contributed by atoms with E-state index in [1.807, 2.05) is 11.3 Å². The van der Waals surface area contributed by atoms with Crippen molar-refractivity contribution in [2.75, 3.05) is 12.3 Å². The highest BCUT2D eigenvalue weighted by atomic mass is 32.2. The molecule has 1 N–H and O–H groups in total. The quantitative estimate of drug-likeness (QED) is 0.873. The average molecular weight is 255 g/mol. The lowest BCUT2D eigenvalue weighted by atomic mass is 10.1. The Morgan fingerprint density at radius 3 is 3.00 bits per heavy atom. The first kappa shape index (κ1) is 12.5. The maximum Gasteiger partial charge on any atom is 0.0389 e. The molecule has 2 atom stereocenters. The van der Waals surface area contributed by atoms with Gasteiger partial charge in [0.2, 0.25) is 0 Å². The van der Waals surface area contributed by atoms with E-state index < -0.39 is 0 Å². The van der Waals surface area contributed by atoms with E-state index in [-0.39, 0.29) is 0 Å². The highest BCUT2D eigenvalue weighted by molar-refractivity contribution is 7.99. The van der Waals surface area contributed by atoms with Crippen molar-refractivity contribution in [2.24, 2.45) is 0 Å². The lowest BCUT2D eigenvalue weighted by molar-refractivity contribution is 0.542. The fraction of sp³-hybridized carbons (Fsp3) is 0.692. The van der Waals surface area contributed by atoms with Gasteiger partial charge in [-0.05, 0) is 49.5 Å². The Balaban J connectivity index is 1.79. The normalized spacial score (nSPS) is 23.2. The number of hydrogen-bond acceptors (Lipinski definition) is 3. The van der Waals surface area contributed by atoms with Crippen LogP contribution in [0.15, 0.2) is 11.4 Å². The summed E-state index contributed by atoms with van der Waals surface area (Å²) in [6.45, 7) is 5.66. The van der Waals surface area contributed by atoms with Crippen molar-refractivity contribution in [1.82, 2.24) is 5.32 Å². The minimum Gasteiger partial charge on any atom is -0.308 e. The van der Waals surface area contributed by atoms with E-state index in [1.54, 1.807) is 0 Å². The number of aryl methyl sites for hydroxylation is 1. The molecule has 1 aliphatic rings. The van der Waals surface area contributed by atoms with Crippen molar-refractivity contribution in [3.63, 3.8) is 0 Å². The monoisotopic (exact) mass is 255 g/mol. The van der Waals surface area contributed by atoms with E-state index in [2.05, 4.69) is 42.4 Å². The molecular weight excluding hydrogens is 234 g/mol. The van der Waals surface area contributed by atoms with E-state index >= 15 is 0 Å². The molecule has 1 fully saturated rings. The molecule has 16 heavy (non-hydrogen) atoms. The van der Waals surface area contributed by atoms with E-state index in [0.717, 1.165) is 5.25 Å². The molecule has 0 aliphatic carbocycles. The summed E-state index contributed by atoms with van der Waals surface area (Å²) < 4.78 is 0. The van der Waals surface area contributed by atoms with Gasteiger partial charge in [0.1, 0.15) is 0 Å². The second-order valence-electron chi connectivity index (χ2n) is 4.59. The van der Waals surface area contributed by atoms with Crippen molar-refractivity contribution >= 4 is 23.1 Å². The van der Waals surface area contributed by atoms with E-state index in [0.29, 0.717) is 6.04 Å². The van der Waals surface area contributed by atoms with Gasteiger partial charge in [0, 0.05) is 22.7 Å². The largest absolute Gasteiger partial charge is 0.308 e. The van der Waals surface area contributed by atoms with E-state index in [4.69, 9.17) is 0 Å². The standard InChI is InChI=1S/C13H21NS2/c1-10-6-8-16-13(10)11(2)14-9-12-5-3-4-7-15-12/h6,8,11-12,14H,3-5,7,9H2,1-2H3. The highest BCUT2D eigenvalue weighted by Crippen LogP contribution is 2.27. The molecule has 0 amide bonds. The Hall–Kier alpha value is 0.01000. The van der Waals surface area contributed by atoms with Crippen LogP contribution in [0.3, 0.4) is 0 Å². The summed E-state index contributed by atoms with van der Waals surface area (Å²) in [6, 6.07) is 2.73. The Kier molecular flexibility index (Phi) is 4.74. The van der Waals surface area contributed by atoms with Crippen LogP contribution >= 0.6 is 23.1 Å². The zero-order valence-electron chi connectivity index (χ0n) is 10.2. The molecule has 0 spiro atoms. The van der Waals surface area contributed by atoms with Gasteiger partial charge in [0.15, 0.2) is 0 Å². The van der Waals surface area contributed by atoms with Crippen LogP contribution in [0.1, 0.15) is 42.7 Å². The van der Waals surface area contributed by atoms with E-state index in [1.165, 1.54) is 42.0 Å². The Labute approximate surface area is 107 Å². The van der Waals surface area contributed by atoms with Crippen LogP contribution in [0, 0.1) is 6.92 Å². The third kappa shape index (κ3) is 3.25. The first-order valence-electron chi connectivity index (χ1n) is 6.16. The fourth-order valence-corrected chi connectivity index (χ4v) is 4.41. The van der Waals surface area contributed by atoms with Crippen molar-refractivity contribution in [2.45, 2.75) is 44.4 Å². The molecule has 0 bridgehead atoms. The summed E-state index contributed by atoms with van der Waals surface area (Å²) in [5.41, 5.74) is 1.43. The van der Waals surface area contributed by atoms with Gasteiger partial charge in [0.25, 0.3) is 0 Å². The zero-order valence-corrected chi connectivity index (χ0v) is 11.8. The van der Waals surface area contributed by atoms with Gasteiger partial charge < -0.3 is 5.32 Å². The highest BCUT2D eigenvalue weighted by Gasteiger charge is 2.16. The molecule has 1 aromatic heterocycles. The van der Waals surface area contributed by atoms with Gasteiger partial charge in [-0.15, -0.1) is 11.3 Å². The summed E-state index contributed by atoms with van der Waals surface area (Å²) in [5, 5.41) is 6.72. The molecule has 90 valence electrons. The Morgan fingerprint density at radius 2 is 2.38 bits per heavy atom. The molecule has 2 unspecified atom stereocenters. The fourth-order valence-electron chi connectivity index (χ4n) is 2.20. The maximum atomic E-state index is 3.69. The molecule has 0 aromatic carbocycles. The van der Waals surface area contributed by atoms with Gasteiger partial charge in [-0.3, -0.25) is 0 Å². The van der Waals surface area contributed by atoms with Crippen LogP contribution in [0.4, 0.5) is 0 Å². The third-order valence-electron chi connectivity index (χ3n) is 3.22. The number of nitrogens with one attached hydrogen (secondary N) is 1. The molecule has 2 heterocycles. The van der Waals surface area contributed by atoms with Crippen LogP contribution in [-0.2, 0) is 0 Å². The van der Waals surface area contributed by atoms with Gasteiger partial charge in [-0.1, -0.05) is 6.42 Å². The summed E-state index contributed by atoms with van der Waals surface area (Å²) in [7, 11) is 0. The molecule has 1 aromatic rings. The van der Waals surface area contributed by atoms with Gasteiger partial charge in [-0.2, -0.15) is 11.8 Å². The molecule has 0 radical (unpaired) electrons. The predicted octanol–water partition coefficient (Wildman–Crippen LogP) is 3.99. The van der Waals surface area contributed by atoms with Gasteiger partial charge >= 0.3 is 0 Å². The third-order valence-corrected chi connectivity index (χ3v) is 5.82. The SMILES string of the molecule is Cc1ccsc1C(C)NCC1CCCCS1. The molecule has 3 heteroatoms. The second kappa shape index (κ2) is 6.08. The smallest absolute Gasteiger partial charge is 0.0389 e. The minimum absolute atomic E-state index is 0.516. The average Bonchev–Trinajstić information content (AvgIpc) is 2.74. The molecule has 1 saturated heterocycles. The molecule has 2 rings (SSSR count). The lowest BCUT2D eigenvalue weighted by Crippen LogP contribution is -2.28. The predicted molar refractivity (Wildman–Crippen MR) is 75.6 cm³/mol. The summed E-state index contributed by atoms with van der Waals surface area (Å²) in [6.07, 6.45) is 4.24. The van der Waals surface area contributed by atoms with Crippen molar-refractivity contribution in [3.05, 3.63) is 21.9 Å².